The number of benzene rings is 1. The highest BCUT2D eigenvalue weighted by molar-refractivity contribution is 7.48. The van der Waals surface area contributed by atoms with Crippen molar-refractivity contribution in [2.75, 3.05) is 32.5 Å². The number of nitrogens with two attached hydrogens (primary N) is 1. The van der Waals surface area contributed by atoms with Crippen molar-refractivity contribution < 1.29 is 51.4 Å². The standard InChI is InChI=1S/C28H41N4O11P/c1-7-11-20(32-23(15-36-8-2)31-24-25(32)21-12-9-10-13-22(21)30-26(24)29)14-39-44(35,40-16-37-27(33)42-18(3)4)41-17-38-28(34)43-19(5)6/h9-10,12-13,18-20H,7-8,11,14-17H2,1-6H3,(H2,29,30). The van der Waals surface area contributed by atoms with Crippen LogP contribution in [0.4, 0.5) is 15.4 Å². The predicted molar refractivity (Wildman–Crippen MR) is 160 cm³/mol. The number of pyridine rings is 1. The molecular weight excluding hydrogens is 599 g/mol. The largest absolute Gasteiger partial charge is 0.510 e. The first-order valence-corrected chi connectivity index (χ1v) is 15.8. The number of para-hydroxylation sites is 1. The molecule has 0 aliphatic rings. The summed E-state index contributed by atoms with van der Waals surface area (Å²) in [5.41, 5.74) is 8.19. The van der Waals surface area contributed by atoms with E-state index in [1.807, 2.05) is 42.7 Å². The number of hydrogen-bond donors (Lipinski definition) is 1. The minimum atomic E-state index is -4.50. The zero-order chi connectivity index (χ0) is 32.3. The SMILES string of the molecule is CCCC(COP(=O)(OCOC(=O)OC(C)C)OCOC(=O)OC(C)C)n1c(COCC)nc2c(N)nc3ccccc3c21. The molecule has 3 rings (SSSR count). The Morgan fingerprint density at radius 2 is 1.55 bits per heavy atom. The average molecular weight is 641 g/mol. The van der Waals surface area contributed by atoms with Gasteiger partial charge >= 0.3 is 20.1 Å². The summed E-state index contributed by atoms with van der Waals surface area (Å²) in [6.07, 6.45) is -1.73. The molecule has 0 bridgehead atoms. The summed E-state index contributed by atoms with van der Waals surface area (Å²) in [7, 11) is -4.50. The first kappa shape index (κ1) is 35.0. The number of anilines is 1. The van der Waals surface area contributed by atoms with Crippen LogP contribution in [0.5, 0.6) is 0 Å². The minimum Gasteiger partial charge on any atom is -0.432 e. The van der Waals surface area contributed by atoms with Crippen LogP contribution in [0.1, 0.15) is 66.3 Å². The molecule has 0 saturated heterocycles. The Bertz CT molecular complexity index is 1410. The summed E-state index contributed by atoms with van der Waals surface area (Å²) in [5, 5.41) is 0.804. The Kier molecular flexibility index (Phi) is 13.2. The number of ether oxygens (including phenoxy) is 5. The topological polar surface area (TPSA) is 182 Å². The number of nitrogen functional groups attached to an aromatic ring is 1. The van der Waals surface area contributed by atoms with Crippen LogP contribution in [0.3, 0.4) is 0 Å². The number of carbonyl (C=O) groups is 2. The molecule has 1 atom stereocenters. The van der Waals surface area contributed by atoms with Crippen LogP contribution in [0.2, 0.25) is 0 Å². The van der Waals surface area contributed by atoms with Crippen molar-refractivity contribution in [3.05, 3.63) is 30.1 Å². The number of aromatic nitrogens is 3. The summed E-state index contributed by atoms with van der Waals surface area (Å²) in [6.45, 7) is 9.14. The third-order valence-electron chi connectivity index (χ3n) is 5.91. The summed E-state index contributed by atoms with van der Waals surface area (Å²) in [6, 6.07) is 7.03. The fourth-order valence-electron chi connectivity index (χ4n) is 4.20. The highest BCUT2D eigenvalue weighted by atomic mass is 31.2. The molecule has 1 aromatic carbocycles. The van der Waals surface area contributed by atoms with Gasteiger partial charge in [0.25, 0.3) is 0 Å². The van der Waals surface area contributed by atoms with E-state index < -0.39 is 52.0 Å². The van der Waals surface area contributed by atoms with E-state index in [1.54, 1.807) is 27.7 Å². The van der Waals surface area contributed by atoms with Crippen LogP contribution in [-0.2, 0) is 48.4 Å². The Hall–Kier alpha value is -3.49. The summed E-state index contributed by atoms with van der Waals surface area (Å²) in [4.78, 5) is 32.9. The van der Waals surface area contributed by atoms with Gasteiger partial charge < -0.3 is 34.0 Å². The van der Waals surface area contributed by atoms with Crippen LogP contribution in [0, 0.1) is 0 Å². The molecule has 2 N–H and O–H groups in total. The normalized spacial score (nSPS) is 12.6. The van der Waals surface area contributed by atoms with Gasteiger partial charge in [-0.25, -0.2) is 33.2 Å². The van der Waals surface area contributed by atoms with Gasteiger partial charge in [0, 0.05) is 12.0 Å². The molecule has 0 radical (unpaired) electrons. The fraction of sp³-hybridized carbons (Fsp3) is 0.571. The molecule has 0 aliphatic heterocycles. The number of rotatable bonds is 17. The maximum Gasteiger partial charge on any atom is 0.510 e. The van der Waals surface area contributed by atoms with Gasteiger partial charge in [-0.05, 0) is 47.1 Å². The Morgan fingerprint density at radius 3 is 2.11 bits per heavy atom. The third-order valence-corrected chi connectivity index (χ3v) is 7.22. The van der Waals surface area contributed by atoms with E-state index in [0.717, 1.165) is 5.39 Å². The van der Waals surface area contributed by atoms with Crippen LogP contribution in [0.25, 0.3) is 21.9 Å². The molecule has 0 spiro atoms. The van der Waals surface area contributed by atoms with Gasteiger partial charge in [-0.1, -0.05) is 31.5 Å². The van der Waals surface area contributed by atoms with Gasteiger partial charge in [0.05, 0.1) is 35.9 Å². The third kappa shape index (κ3) is 9.76. The Morgan fingerprint density at radius 1 is 0.932 bits per heavy atom. The van der Waals surface area contributed by atoms with E-state index >= 15 is 0 Å². The minimum absolute atomic E-state index is 0.168. The number of phosphoric ester groups is 1. The van der Waals surface area contributed by atoms with E-state index in [9.17, 15) is 14.2 Å². The first-order chi connectivity index (χ1) is 21.0. The number of phosphoric acid groups is 1. The van der Waals surface area contributed by atoms with E-state index in [4.69, 9.17) is 48.0 Å². The molecule has 16 heteroatoms. The maximum atomic E-state index is 13.7. The maximum absolute atomic E-state index is 13.7. The van der Waals surface area contributed by atoms with Crippen molar-refractivity contribution >= 4 is 47.9 Å². The van der Waals surface area contributed by atoms with E-state index in [2.05, 4.69) is 4.98 Å². The van der Waals surface area contributed by atoms with E-state index in [-0.39, 0.29) is 19.0 Å². The number of imidazole rings is 1. The van der Waals surface area contributed by atoms with Gasteiger partial charge in [0.15, 0.2) is 5.82 Å². The number of fused-ring (bicyclic) bond motifs is 3. The number of nitrogens with zero attached hydrogens (tertiary/aromatic N) is 3. The lowest BCUT2D eigenvalue weighted by molar-refractivity contribution is -0.0467. The van der Waals surface area contributed by atoms with Gasteiger partial charge in [-0.15, -0.1) is 0 Å². The van der Waals surface area contributed by atoms with Crippen LogP contribution < -0.4 is 5.73 Å². The molecule has 0 fully saturated rings. The van der Waals surface area contributed by atoms with Gasteiger partial charge in [-0.2, -0.15) is 0 Å². The molecule has 0 saturated carbocycles. The van der Waals surface area contributed by atoms with Crippen LogP contribution in [0.15, 0.2) is 24.3 Å². The predicted octanol–water partition coefficient (Wildman–Crippen LogP) is 6.24. The Labute approximate surface area is 255 Å². The fourth-order valence-corrected chi connectivity index (χ4v) is 5.14. The van der Waals surface area contributed by atoms with Gasteiger partial charge in [0.2, 0.25) is 13.6 Å². The molecule has 3 aromatic rings. The zero-order valence-electron chi connectivity index (χ0n) is 25.8. The molecule has 44 heavy (non-hydrogen) atoms. The van der Waals surface area contributed by atoms with Crippen LogP contribution >= 0.6 is 7.82 Å². The molecule has 244 valence electrons. The Balaban J connectivity index is 1.93. The molecule has 0 aliphatic carbocycles. The van der Waals surface area contributed by atoms with E-state index in [1.165, 1.54) is 0 Å². The van der Waals surface area contributed by atoms with E-state index in [0.29, 0.717) is 41.8 Å². The van der Waals surface area contributed by atoms with Crippen LogP contribution in [-0.4, -0.2) is 65.9 Å². The highest BCUT2D eigenvalue weighted by Gasteiger charge is 2.32. The molecular formula is C28H41N4O11P. The molecule has 1 unspecified atom stereocenters. The second-order valence-corrected chi connectivity index (χ2v) is 11.7. The summed E-state index contributed by atoms with van der Waals surface area (Å²) < 4.78 is 57.0. The van der Waals surface area contributed by atoms with Crippen molar-refractivity contribution in [2.24, 2.45) is 0 Å². The highest BCUT2D eigenvalue weighted by Crippen LogP contribution is 2.50. The molecule has 2 aromatic heterocycles. The first-order valence-electron chi connectivity index (χ1n) is 14.3. The lowest BCUT2D eigenvalue weighted by atomic mass is 10.1. The lowest BCUT2D eigenvalue weighted by Crippen LogP contribution is -2.20. The zero-order valence-corrected chi connectivity index (χ0v) is 26.7. The second kappa shape index (κ2) is 16.5. The van der Waals surface area contributed by atoms with Crippen molar-refractivity contribution in [1.29, 1.82) is 0 Å². The van der Waals surface area contributed by atoms with Crippen molar-refractivity contribution in [3.8, 4) is 0 Å². The number of carbonyl (C=O) groups excluding carboxylic acids is 2. The second-order valence-electron chi connectivity index (χ2n) is 10.0. The van der Waals surface area contributed by atoms with Crippen molar-refractivity contribution in [3.63, 3.8) is 0 Å². The van der Waals surface area contributed by atoms with Gasteiger partial charge in [-0.3, -0.25) is 4.52 Å². The number of hydrogen-bond acceptors (Lipinski definition) is 14. The van der Waals surface area contributed by atoms with Gasteiger partial charge in [0.1, 0.15) is 17.9 Å². The summed E-state index contributed by atoms with van der Waals surface area (Å²) >= 11 is 0. The smallest absolute Gasteiger partial charge is 0.432 e. The lowest BCUT2D eigenvalue weighted by Gasteiger charge is -2.24. The molecule has 0 amide bonds. The molecule has 2 heterocycles. The average Bonchev–Trinajstić information content (AvgIpc) is 3.33. The quantitative estimate of drug-likeness (QED) is 0.0994. The van der Waals surface area contributed by atoms with Crippen molar-refractivity contribution in [2.45, 2.75) is 79.2 Å². The monoisotopic (exact) mass is 640 g/mol. The molecule has 15 nitrogen and oxygen atoms in total. The van der Waals surface area contributed by atoms with Crippen molar-refractivity contribution in [1.82, 2.24) is 14.5 Å². The summed E-state index contributed by atoms with van der Waals surface area (Å²) in [5.74, 6) is 0.810.